The molecule has 0 aliphatic heterocycles. The number of hydrogen-bond donors (Lipinski definition) is 1. The van der Waals surface area contributed by atoms with Gasteiger partial charge in [-0.3, -0.25) is 4.79 Å². The number of amides is 1. The van der Waals surface area contributed by atoms with E-state index in [2.05, 4.69) is 9.97 Å². The minimum Gasteiger partial charge on any atom is -0.342 e. The van der Waals surface area contributed by atoms with Crippen LogP contribution in [0.15, 0.2) is 48.5 Å². The first-order valence-electron chi connectivity index (χ1n) is 6.45. The maximum atomic E-state index is 12.6. The maximum absolute atomic E-state index is 12.6. The number of nitrogens with zero attached hydrogens (tertiary/aromatic N) is 2. The van der Waals surface area contributed by atoms with Crippen LogP contribution in [-0.4, -0.2) is 22.9 Å². The van der Waals surface area contributed by atoms with E-state index in [0.717, 1.165) is 22.5 Å². The van der Waals surface area contributed by atoms with E-state index in [1.165, 1.54) is 0 Å². The average molecular weight is 265 g/mol. The predicted octanol–water partition coefficient (Wildman–Crippen LogP) is 3.15. The summed E-state index contributed by atoms with van der Waals surface area (Å²) in [5.41, 5.74) is 3.08. The van der Waals surface area contributed by atoms with Gasteiger partial charge in [0.1, 0.15) is 11.3 Å². The SMILES string of the molecule is Cc1nc2c(C(=O)N(C)c3ccccc3)cccc2[nH]1. The van der Waals surface area contributed by atoms with Gasteiger partial charge < -0.3 is 9.88 Å². The molecule has 0 bridgehead atoms. The van der Waals surface area contributed by atoms with Crippen LogP contribution >= 0.6 is 0 Å². The summed E-state index contributed by atoms with van der Waals surface area (Å²) in [4.78, 5) is 21.8. The molecule has 100 valence electrons. The number of nitrogens with one attached hydrogen (secondary N) is 1. The molecule has 0 radical (unpaired) electrons. The molecular weight excluding hydrogens is 250 g/mol. The standard InChI is InChI=1S/C16H15N3O/c1-11-17-14-10-6-9-13(15(14)18-11)16(20)19(2)12-7-4-3-5-8-12/h3-10H,1-2H3,(H,17,18). The Balaban J connectivity index is 2.05. The van der Waals surface area contributed by atoms with Gasteiger partial charge in [-0.05, 0) is 31.2 Å². The van der Waals surface area contributed by atoms with Gasteiger partial charge in [0.15, 0.2) is 0 Å². The van der Waals surface area contributed by atoms with Gasteiger partial charge in [-0.25, -0.2) is 4.98 Å². The Morgan fingerprint density at radius 1 is 1.10 bits per heavy atom. The Morgan fingerprint density at radius 3 is 2.60 bits per heavy atom. The first-order valence-corrected chi connectivity index (χ1v) is 6.45. The van der Waals surface area contributed by atoms with Gasteiger partial charge in [-0.2, -0.15) is 0 Å². The van der Waals surface area contributed by atoms with Crippen LogP contribution in [0.4, 0.5) is 5.69 Å². The topological polar surface area (TPSA) is 49.0 Å². The smallest absolute Gasteiger partial charge is 0.260 e. The number of aromatic amines is 1. The minimum absolute atomic E-state index is 0.0618. The summed E-state index contributed by atoms with van der Waals surface area (Å²) >= 11 is 0. The highest BCUT2D eigenvalue weighted by Gasteiger charge is 2.17. The summed E-state index contributed by atoms with van der Waals surface area (Å²) in [5.74, 6) is 0.746. The van der Waals surface area contributed by atoms with Crippen molar-refractivity contribution in [1.29, 1.82) is 0 Å². The van der Waals surface area contributed by atoms with Crippen LogP contribution in [0.2, 0.25) is 0 Å². The van der Waals surface area contributed by atoms with E-state index in [1.54, 1.807) is 11.9 Å². The van der Waals surface area contributed by atoms with Crippen LogP contribution in [0, 0.1) is 6.92 Å². The van der Waals surface area contributed by atoms with Crippen LogP contribution < -0.4 is 4.90 Å². The number of rotatable bonds is 2. The third-order valence-electron chi connectivity index (χ3n) is 3.31. The fraction of sp³-hybridized carbons (Fsp3) is 0.125. The molecule has 0 atom stereocenters. The monoisotopic (exact) mass is 265 g/mol. The van der Waals surface area contributed by atoms with Crippen molar-refractivity contribution < 1.29 is 4.79 Å². The molecule has 1 N–H and O–H groups in total. The molecule has 0 aliphatic carbocycles. The number of aryl methyl sites for hydroxylation is 1. The highest BCUT2D eigenvalue weighted by Crippen LogP contribution is 2.20. The summed E-state index contributed by atoms with van der Waals surface area (Å²) in [6, 6.07) is 15.2. The van der Waals surface area contributed by atoms with Crippen molar-refractivity contribution in [1.82, 2.24) is 9.97 Å². The number of anilines is 1. The second kappa shape index (κ2) is 4.81. The van der Waals surface area contributed by atoms with Crippen LogP contribution in [0.25, 0.3) is 11.0 Å². The van der Waals surface area contributed by atoms with Gasteiger partial charge in [-0.1, -0.05) is 24.3 Å². The molecular formula is C16H15N3O. The van der Waals surface area contributed by atoms with E-state index in [4.69, 9.17) is 0 Å². The summed E-state index contributed by atoms with van der Waals surface area (Å²) in [6.07, 6.45) is 0. The lowest BCUT2D eigenvalue weighted by Gasteiger charge is -2.17. The molecule has 4 nitrogen and oxygen atoms in total. The van der Waals surface area contributed by atoms with Gasteiger partial charge >= 0.3 is 0 Å². The van der Waals surface area contributed by atoms with E-state index < -0.39 is 0 Å². The summed E-state index contributed by atoms with van der Waals surface area (Å²) in [7, 11) is 1.77. The third-order valence-corrected chi connectivity index (χ3v) is 3.31. The molecule has 3 rings (SSSR count). The molecule has 1 heterocycles. The van der Waals surface area contributed by atoms with E-state index in [9.17, 15) is 4.79 Å². The van der Waals surface area contributed by atoms with Gasteiger partial charge in [0.05, 0.1) is 11.1 Å². The normalized spacial score (nSPS) is 10.7. The lowest BCUT2D eigenvalue weighted by atomic mass is 10.1. The molecule has 1 amide bonds. The van der Waals surface area contributed by atoms with Crippen molar-refractivity contribution in [2.75, 3.05) is 11.9 Å². The zero-order valence-electron chi connectivity index (χ0n) is 11.4. The van der Waals surface area contributed by atoms with E-state index >= 15 is 0 Å². The fourth-order valence-corrected chi connectivity index (χ4v) is 2.28. The number of hydrogen-bond acceptors (Lipinski definition) is 2. The molecule has 20 heavy (non-hydrogen) atoms. The molecule has 4 heteroatoms. The zero-order chi connectivity index (χ0) is 14.1. The number of carbonyl (C=O) groups is 1. The number of carbonyl (C=O) groups excluding carboxylic acids is 1. The maximum Gasteiger partial charge on any atom is 0.260 e. The number of H-pyrrole nitrogens is 1. The molecule has 0 unspecified atom stereocenters. The Morgan fingerprint density at radius 2 is 1.85 bits per heavy atom. The van der Waals surface area contributed by atoms with Crippen molar-refractivity contribution in [3.63, 3.8) is 0 Å². The Kier molecular flexibility index (Phi) is 2.99. The van der Waals surface area contributed by atoms with Crippen LogP contribution in [0.5, 0.6) is 0 Å². The molecule has 0 aliphatic rings. The molecule has 0 fully saturated rings. The van der Waals surface area contributed by atoms with Gasteiger partial charge in [-0.15, -0.1) is 0 Å². The second-order valence-electron chi connectivity index (χ2n) is 4.72. The van der Waals surface area contributed by atoms with Gasteiger partial charge in [0, 0.05) is 12.7 Å². The average Bonchev–Trinajstić information content (AvgIpc) is 2.86. The van der Waals surface area contributed by atoms with E-state index in [0.29, 0.717) is 5.56 Å². The van der Waals surface area contributed by atoms with E-state index in [1.807, 2.05) is 55.5 Å². The number of para-hydroxylation sites is 2. The Hall–Kier alpha value is -2.62. The van der Waals surface area contributed by atoms with Gasteiger partial charge in [0.25, 0.3) is 5.91 Å². The molecule has 0 saturated heterocycles. The van der Waals surface area contributed by atoms with Crippen LogP contribution in [-0.2, 0) is 0 Å². The summed E-state index contributed by atoms with van der Waals surface area (Å²) in [5, 5.41) is 0. The van der Waals surface area contributed by atoms with Crippen molar-refractivity contribution in [2.24, 2.45) is 0 Å². The van der Waals surface area contributed by atoms with Crippen molar-refractivity contribution in [3.8, 4) is 0 Å². The third kappa shape index (κ3) is 2.05. The number of aromatic nitrogens is 2. The molecule has 2 aromatic carbocycles. The van der Waals surface area contributed by atoms with E-state index in [-0.39, 0.29) is 5.91 Å². The lowest BCUT2D eigenvalue weighted by Crippen LogP contribution is -2.26. The first kappa shape index (κ1) is 12.4. The fourth-order valence-electron chi connectivity index (χ4n) is 2.28. The zero-order valence-corrected chi connectivity index (χ0v) is 11.4. The Bertz CT molecular complexity index is 762. The Labute approximate surface area is 117 Å². The summed E-state index contributed by atoms with van der Waals surface area (Å²) < 4.78 is 0. The molecule has 0 saturated carbocycles. The number of benzene rings is 2. The van der Waals surface area contributed by atoms with Gasteiger partial charge in [0.2, 0.25) is 0 Å². The largest absolute Gasteiger partial charge is 0.342 e. The molecule has 1 aromatic heterocycles. The van der Waals surface area contributed by atoms with Crippen molar-refractivity contribution in [2.45, 2.75) is 6.92 Å². The second-order valence-corrected chi connectivity index (χ2v) is 4.72. The number of fused-ring (bicyclic) bond motifs is 1. The van der Waals surface area contributed by atoms with Crippen molar-refractivity contribution >= 4 is 22.6 Å². The van der Waals surface area contributed by atoms with Crippen LogP contribution in [0.3, 0.4) is 0 Å². The van der Waals surface area contributed by atoms with Crippen molar-refractivity contribution in [3.05, 3.63) is 59.9 Å². The minimum atomic E-state index is -0.0618. The van der Waals surface area contributed by atoms with Crippen LogP contribution in [0.1, 0.15) is 16.2 Å². The summed E-state index contributed by atoms with van der Waals surface area (Å²) in [6.45, 7) is 1.88. The molecule has 3 aromatic rings. The number of imidazole rings is 1. The highest BCUT2D eigenvalue weighted by molar-refractivity contribution is 6.12. The predicted molar refractivity (Wildman–Crippen MR) is 80.0 cm³/mol. The first-order chi connectivity index (χ1) is 9.66. The quantitative estimate of drug-likeness (QED) is 0.773. The highest BCUT2D eigenvalue weighted by atomic mass is 16.2. The molecule has 0 spiro atoms. The lowest BCUT2D eigenvalue weighted by molar-refractivity contribution is 0.0994.